The van der Waals surface area contributed by atoms with Crippen molar-refractivity contribution in [1.82, 2.24) is 5.32 Å². The van der Waals surface area contributed by atoms with Crippen LogP contribution in [-0.2, 0) is 9.84 Å². The molecule has 4 heteroatoms. The van der Waals surface area contributed by atoms with Crippen LogP contribution in [0.1, 0.15) is 13.3 Å². The predicted octanol–water partition coefficient (Wildman–Crippen LogP) is -0.217. The zero-order chi connectivity index (χ0) is 7.83. The molecule has 0 aromatic carbocycles. The Hall–Kier alpha value is -0.0900. The molecule has 1 saturated heterocycles. The molecule has 1 aliphatic rings. The number of rotatable bonds is 1. The van der Waals surface area contributed by atoms with Crippen LogP contribution in [0.25, 0.3) is 0 Å². The maximum absolute atomic E-state index is 11.0. The van der Waals surface area contributed by atoms with Crippen molar-refractivity contribution in [2.75, 3.05) is 18.6 Å². The van der Waals surface area contributed by atoms with Crippen LogP contribution in [0.5, 0.6) is 0 Å². The number of hydrogen-bond acceptors (Lipinski definition) is 3. The van der Waals surface area contributed by atoms with E-state index in [9.17, 15) is 8.42 Å². The van der Waals surface area contributed by atoms with E-state index in [-0.39, 0.29) is 11.3 Å². The summed E-state index contributed by atoms with van der Waals surface area (Å²) in [5.41, 5.74) is -0.168. The molecule has 0 unspecified atom stereocenters. The quantitative estimate of drug-likeness (QED) is 0.581. The molecule has 1 rings (SSSR count). The average molecular weight is 163 g/mol. The van der Waals surface area contributed by atoms with Crippen molar-refractivity contribution in [3.05, 3.63) is 0 Å². The Labute approximate surface area is 61.7 Å². The van der Waals surface area contributed by atoms with Crippen LogP contribution in [0.15, 0.2) is 0 Å². The third-order valence-corrected chi connectivity index (χ3v) is 4.01. The number of hydrogen-bond donors (Lipinski definition) is 1. The van der Waals surface area contributed by atoms with Crippen LogP contribution in [0, 0.1) is 0 Å². The molecule has 0 aromatic rings. The van der Waals surface area contributed by atoms with Crippen molar-refractivity contribution in [3.63, 3.8) is 0 Å². The van der Waals surface area contributed by atoms with E-state index >= 15 is 0 Å². The van der Waals surface area contributed by atoms with Crippen molar-refractivity contribution in [2.45, 2.75) is 18.9 Å². The minimum absolute atomic E-state index is 0.168. The predicted molar refractivity (Wildman–Crippen MR) is 40.7 cm³/mol. The second-order valence-electron chi connectivity index (χ2n) is 3.15. The fraction of sp³-hybridized carbons (Fsp3) is 1.00. The largest absolute Gasteiger partial charge is 0.313 e. The zero-order valence-corrected chi connectivity index (χ0v) is 7.16. The van der Waals surface area contributed by atoms with Gasteiger partial charge in [0.2, 0.25) is 0 Å². The minimum atomic E-state index is -2.73. The molecule has 1 aliphatic heterocycles. The maximum atomic E-state index is 11.0. The van der Waals surface area contributed by atoms with Gasteiger partial charge in [-0.1, -0.05) is 0 Å². The molecule has 60 valence electrons. The molecule has 0 amide bonds. The van der Waals surface area contributed by atoms with E-state index in [1.165, 1.54) is 0 Å². The minimum Gasteiger partial charge on any atom is -0.313 e. The molecule has 1 fully saturated rings. The van der Waals surface area contributed by atoms with Crippen LogP contribution in [0.3, 0.4) is 0 Å². The van der Waals surface area contributed by atoms with Crippen molar-refractivity contribution >= 4 is 9.84 Å². The van der Waals surface area contributed by atoms with Gasteiger partial charge in [0.1, 0.15) is 0 Å². The van der Waals surface area contributed by atoms with Crippen LogP contribution < -0.4 is 5.32 Å². The first-order valence-electron chi connectivity index (χ1n) is 3.37. The highest BCUT2D eigenvalue weighted by Gasteiger charge is 2.36. The Balaban J connectivity index is 2.76. The van der Waals surface area contributed by atoms with Gasteiger partial charge in [-0.05, 0) is 20.4 Å². The summed E-state index contributed by atoms with van der Waals surface area (Å²) in [5.74, 6) is 0.626. The lowest BCUT2D eigenvalue weighted by Crippen LogP contribution is -2.40. The highest BCUT2D eigenvalue weighted by Crippen LogP contribution is 2.21. The van der Waals surface area contributed by atoms with E-state index < -0.39 is 9.84 Å². The van der Waals surface area contributed by atoms with Gasteiger partial charge in [0.25, 0.3) is 0 Å². The molecule has 0 saturated carbocycles. The van der Waals surface area contributed by atoms with E-state index in [1.807, 2.05) is 6.92 Å². The Morgan fingerprint density at radius 1 is 1.50 bits per heavy atom. The van der Waals surface area contributed by atoms with Gasteiger partial charge in [-0.2, -0.15) is 0 Å². The maximum Gasteiger partial charge on any atom is 0.152 e. The molecule has 0 aromatic heterocycles. The molecular weight excluding hydrogens is 150 g/mol. The van der Waals surface area contributed by atoms with Crippen LogP contribution >= 0.6 is 0 Å². The highest BCUT2D eigenvalue weighted by atomic mass is 32.2. The molecule has 1 atom stereocenters. The van der Waals surface area contributed by atoms with Crippen LogP contribution in [0.2, 0.25) is 0 Å². The van der Waals surface area contributed by atoms with Gasteiger partial charge in [-0.3, -0.25) is 0 Å². The van der Waals surface area contributed by atoms with Gasteiger partial charge < -0.3 is 5.32 Å². The number of sulfone groups is 1. The van der Waals surface area contributed by atoms with Crippen LogP contribution in [0.4, 0.5) is 0 Å². The summed E-state index contributed by atoms with van der Waals surface area (Å²) in [6.07, 6.45) is 0.742. The van der Waals surface area contributed by atoms with Gasteiger partial charge in [0.05, 0.1) is 11.5 Å². The Morgan fingerprint density at radius 2 is 2.10 bits per heavy atom. The van der Waals surface area contributed by atoms with Crippen LogP contribution in [-0.4, -0.2) is 32.5 Å². The summed E-state index contributed by atoms with van der Waals surface area (Å²) in [7, 11) is -0.922. The smallest absolute Gasteiger partial charge is 0.152 e. The summed E-state index contributed by atoms with van der Waals surface area (Å²) in [6, 6.07) is 0. The van der Waals surface area contributed by atoms with E-state index in [4.69, 9.17) is 0 Å². The lowest BCUT2D eigenvalue weighted by molar-refractivity contribution is 0.435. The van der Waals surface area contributed by atoms with Gasteiger partial charge in [-0.15, -0.1) is 0 Å². The molecule has 10 heavy (non-hydrogen) atoms. The van der Waals surface area contributed by atoms with E-state index in [2.05, 4.69) is 5.32 Å². The van der Waals surface area contributed by atoms with E-state index in [0.29, 0.717) is 5.75 Å². The third kappa shape index (κ3) is 1.49. The lowest BCUT2D eigenvalue weighted by Gasteiger charge is -2.20. The Morgan fingerprint density at radius 3 is 2.30 bits per heavy atom. The normalized spacial score (nSPS) is 38.2. The standard InChI is InChI=1S/C6H13NO2S/c1-6(7-2)3-4-10(8,9)5-6/h7H,3-5H2,1-2H3/t6-/m1/s1. The molecule has 0 aliphatic carbocycles. The fourth-order valence-electron chi connectivity index (χ4n) is 1.21. The molecule has 0 spiro atoms. The van der Waals surface area contributed by atoms with E-state index in [0.717, 1.165) is 6.42 Å². The number of nitrogens with one attached hydrogen (secondary N) is 1. The van der Waals surface area contributed by atoms with Gasteiger partial charge in [0.15, 0.2) is 9.84 Å². The first kappa shape index (κ1) is 8.01. The molecule has 1 N–H and O–H groups in total. The summed E-state index contributed by atoms with van der Waals surface area (Å²) in [6.45, 7) is 1.94. The first-order valence-corrected chi connectivity index (χ1v) is 5.19. The lowest BCUT2D eigenvalue weighted by atomic mass is 10.0. The van der Waals surface area contributed by atoms with Crippen molar-refractivity contribution in [1.29, 1.82) is 0 Å². The van der Waals surface area contributed by atoms with Crippen molar-refractivity contribution in [3.8, 4) is 0 Å². The molecule has 0 bridgehead atoms. The fourth-order valence-corrected chi connectivity index (χ4v) is 3.37. The molecule has 3 nitrogen and oxygen atoms in total. The second-order valence-corrected chi connectivity index (χ2v) is 5.34. The Kier molecular flexibility index (Phi) is 1.76. The third-order valence-electron chi connectivity index (χ3n) is 2.11. The second kappa shape index (κ2) is 2.20. The van der Waals surface area contributed by atoms with Gasteiger partial charge >= 0.3 is 0 Å². The molecular formula is C6H13NO2S. The average Bonchev–Trinajstić information content (AvgIpc) is 2.08. The van der Waals surface area contributed by atoms with Crippen molar-refractivity contribution in [2.24, 2.45) is 0 Å². The zero-order valence-electron chi connectivity index (χ0n) is 6.35. The first-order chi connectivity index (χ1) is 4.47. The van der Waals surface area contributed by atoms with Gasteiger partial charge in [0, 0.05) is 5.54 Å². The summed E-state index contributed by atoms with van der Waals surface area (Å²) in [4.78, 5) is 0. The van der Waals surface area contributed by atoms with Crippen molar-refractivity contribution < 1.29 is 8.42 Å². The van der Waals surface area contributed by atoms with Gasteiger partial charge in [-0.25, -0.2) is 8.42 Å². The Bertz CT molecular complexity index is 222. The molecule has 1 heterocycles. The SMILES string of the molecule is CN[C@]1(C)CCS(=O)(=O)C1. The topological polar surface area (TPSA) is 46.2 Å². The van der Waals surface area contributed by atoms with E-state index in [1.54, 1.807) is 7.05 Å². The monoisotopic (exact) mass is 163 g/mol. The summed E-state index contributed by atoms with van der Waals surface area (Å²) in [5, 5.41) is 3.02. The summed E-state index contributed by atoms with van der Waals surface area (Å²) >= 11 is 0. The molecule has 0 radical (unpaired) electrons. The summed E-state index contributed by atoms with van der Waals surface area (Å²) < 4.78 is 21.9. The highest BCUT2D eigenvalue weighted by molar-refractivity contribution is 7.91.